The molecule has 1 N–H and O–H groups in total. The van der Waals surface area contributed by atoms with Crippen LogP contribution in [0.25, 0.3) is 0 Å². The SMILES string of the molecule is CC1(C)CC[C@@H](C(=O)O)N(C(=O)OC(C)(C)C)C1. The summed E-state index contributed by atoms with van der Waals surface area (Å²) in [5.41, 5.74) is -0.676. The van der Waals surface area contributed by atoms with Crippen LogP contribution < -0.4 is 0 Å². The van der Waals surface area contributed by atoms with Crippen molar-refractivity contribution in [2.45, 2.75) is 59.1 Å². The van der Waals surface area contributed by atoms with Gasteiger partial charge in [0.1, 0.15) is 11.6 Å². The predicted molar refractivity (Wildman–Crippen MR) is 67.4 cm³/mol. The molecule has 0 aliphatic carbocycles. The Hall–Kier alpha value is -1.26. The Kier molecular flexibility index (Phi) is 3.93. The molecule has 5 heteroatoms. The molecule has 1 aliphatic heterocycles. The van der Waals surface area contributed by atoms with E-state index < -0.39 is 23.7 Å². The van der Waals surface area contributed by atoms with Crippen LogP contribution in [0, 0.1) is 5.41 Å². The van der Waals surface area contributed by atoms with Gasteiger partial charge in [0.2, 0.25) is 0 Å². The van der Waals surface area contributed by atoms with E-state index in [2.05, 4.69) is 0 Å². The molecule has 1 rings (SSSR count). The van der Waals surface area contributed by atoms with Gasteiger partial charge in [0.05, 0.1) is 0 Å². The Labute approximate surface area is 108 Å². The normalized spacial score (nSPS) is 23.6. The maximum atomic E-state index is 12.1. The molecule has 1 fully saturated rings. The molecule has 0 aromatic rings. The zero-order valence-electron chi connectivity index (χ0n) is 11.8. The Balaban J connectivity index is 2.85. The van der Waals surface area contributed by atoms with Crippen molar-refractivity contribution in [1.29, 1.82) is 0 Å². The van der Waals surface area contributed by atoms with E-state index in [0.29, 0.717) is 13.0 Å². The van der Waals surface area contributed by atoms with Gasteiger partial charge in [0.15, 0.2) is 0 Å². The lowest BCUT2D eigenvalue weighted by molar-refractivity contribution is -0.145. The highest BCUT2D eigenvalue weighted by molar-refractivity contribution is 5.80. The summed E-state index contributed by atoms with van der Waals surface area (Å²) in [6.07, 6.45) is 0.730. The molecule has 0 spiro atoms. The van der Waals surface area contributed by atoms with Gasteiger partial charge in [-0.25, -0.2) is 9.59 Å². The van der Waals surface area contributed by atoms with E-state index in [4.69, 9.17) is 4.74 Å². The first-order valence-electron chi connectivity index (χ1n) is 6.24. The van der Waals surface area contributed by atoms with E-state index in [-0.39, 0.29) is 5.41 Å². The number of hydrogen-bond acceptors (Lipinski definition) is 3. The van der Waals surface area contributed by atoms with Crippen molar-refractivity contribution in [3.05, 3.63) is 0 Å². The van der Waals surface area contributed by atoms with Gasteiger partial charge < -0.3 is 9.84 Å². The Morgan fingerprint density at radius 1 is 1.33 bits per heavy atom. The van der Waals surface area contributed by atoms with Gasteiger partial charge in [-0.15, -0.1) is 0 Å². The van der Waals surface area contributed by atoms with Crippen LogP contribution in [-0.4, -0.2) is 40.3 Å². The molecule has 1 atom stereocenters. The van der Waals surface area contributed by atoms with Crippen molar-refractivity contribution < 1.29 is 19.4 Å². The summed E-state index contributed by atoms with van der Waals surface area (Å²) in [6.45, 7) is 9.80. The highest BCUT2D eigenvalue weighted by atomic mass is 16.6. The Morgan fingerprint density at radius 3 is 2.33 bits per heavy atom. The quantitative estimate of drug-likeness (QED) is 0.783. The van der Waals surface area contributed by atoms with Crippen LogP contribution in [-0.2, 0) is 9.53 Å². The molecule has 0 bridgehead atoms. The lowest BCUT2D eigenvalue weighted by Crippen LogP contribution is -2.54. The summed E-state index contributed by atoms with van der Waals surface area (Å²) >= 11 is 0. The van der Waals surface area contributed by atoms with E-state index in [1.807, 2.05) is 13.8 Å². The second-order valence-electron chi connectivity index (χ2n) is 6.67. The fourth-order valence-corrected chi connectivity index (χ4v) is 2.10. The Bertz CT molecular complexity index is 343. The molecule has 1 amide bonds. The van der Waals surface area contributed by atoms with E-state index in [1.165, 1.54) is 4.90 Å². The number of nitrogens with zero attached hydrogens (tertiary/aromatic N) is 1. The first-order chi connectivity index (χ1) is 8.02. The minimum absolute atomic E-state index is 0.0666. The van der Waals surface area contributed by atoms with Crippen molar-refractivity contribution in [2.24, 2.45) is 5.41 Å². The Morgan fingerprint density at radius 2 is 1.89 bits per heavy atom. The molecule has 0 radical (unpaired) electrons. The fraction of sp³-hybridized carbons (Fsp3) is 0.846. The summed E-state index contributed by atoms with van der Waals surface area (Å²) in [7, 11) is 0. The van der Waals surface area contributed by atoms with Crippen molar-refractivity contribution in [3.8, 4) is 0 Å². The lowest BCUT2D eigenvalue weighted by atomic mass is 9.81. The van der Waals surface area contributed by atoms with Crippen molar-refractivity contribution in [3.63, 3.8) is 0 Å². The van der Waals surface area contributed by atoms with Crippen LogP contribution in [0.3, 0.4) is 0 Å². The fourth-order valence-electron chi connectivity index (χ4n) is 2.10. The molecule has 1 aliphatic rings. The molecule has 1 saturated heterocycles. The molecule has 0 aromatic heterocycles. The van der Waals surface area contributed by atoms with Crippen molar-refractivity contribution in [2.75, 3.05) is 6.54 Å². The summed E-state index contributed by atoms with van der Waals surface area (Å²) in [5.74, 6) is -0.962. The number of hydrogen-bond donors (Lipinski definition) is 1. The summed E-state index contributed by atoms with van der Waals surface area (Å²) in [4.78, 5) is 24.6. The second kappa shape index (κ2) is 4.78. The van der Waals surface area contributed by atoms with E-state index in [9.17, 15) is 14.7 Å². The van der Waals surface area contributed by atoms with E-state index in [0.717, 1.165) is 6.42 Å². The number of aliphatic carboxylic acids is 1. The maximum absolute atomic E-state index is 12.1. The van der Waals surface area contributed by atoms with Crippen LogP contribution in [0.1, 0.15) is 47.5 Å². The number of amides is 1. The van der Waals surface area contributed by atoms with Gasteiger partial charge in [0, 0.05) is 6.54 Å². The number of piperidine rings is 1. The van der Waals surface area contributed by atoms with Gasteiger partial charge in [-0.3, -0.25) is 4.90 Å². The molecule has 104 valence electrons. The maximum Gasteiger partial charge on any atom is 0.411 e. The van der Waals surface area contributed by atoms with Gasteiger partial charge >= 0.3 is 12.1 Å². The molecule has 18 heavy (non-hydrogen) atoms. The largest absolute Gasteiger partial charge is 0.480 e. The number of carbonyl (C=O) groups is 2. The van der Waals surface area contributed by atoms with Crippen molar-refractivity contribution in [1.82, 2.24) is 4.90 Å². The number of ether oxygens (including phenoxy) is 1. The minimum atomic E-state index is -0.962. The third-order valence-electron chi connectivity index (χ3n) is 2.98. The van der Waals surface area contributed by atoms with Crippen molar-refractivity contribution >= 4 is 12.1 Å². The molecular formula is C13H23NO4. The topological polar surface area (TPSA) is 66.8 Å². The predicted octanol–water partition coefficient (Wildman–Crippen LogP) is 2.50. The van der Waals surface area contributed by atoms with Crippen LogP contribution in [0.5, 0.6) is 0 Å². The summed E-state index contributed by atoms with van der Waals surface area (Å²) < 4.78 is 5.27. The smallest absolute Gasteiger partial charge is 0.411 e. The van der Waals surface area contributed by atoms with Crippen LogP contribution in [0.15, 0.2) is 0 Å². The standard InChI is InChI=1S/C13H23NO4/c1-12(2,3)18-11(17)14-8-13(4,5)7-6-9(14)10(15)16/h9H,6-8H2,1-5H3,(H,15,16)/t9-/m0/s1. The van der Waals surface area contributed by atoms with E-state index >= 15 is 0 Å². The molecule has 0 saturated carbocycles. The lowest BCUT2D eigenvalue weighted by Gasteiger charge is -2.42. The first kappa shape index (κ1) is 14.8. The highest BCUT2D eigenvalue weighted by Crippen LogP contribution is 2.32. The number of carboxylic acids is 1. The third kappa shape index (κ3) is 3.89. The monoisotopic (exact) mass is 257 g/mol. The first-order valence-corrected chi connectivity index (χ1v) is 6.24. The van der Waals surface area contributed by atoms with Gasteiger partial charge in [0.25, 0.3) is 0 Å². The summed E-state index contributed by atoms with van der Waals surface area (Å²) in [6, 6.07) is -0.770. The molecule has 1 heterocycles. The minimum Gasteiger partial charge on any atom is -0.480 e. The van der Waals surface area contributed by atoms with Crippen LogP contribution in [0.2, 0.25) is 0 Å². The number of carbonyl (C=O) groups excluding carboxylic acids is 1. The second-order valence-corrected chi connectivity index (χ2v) is 6.67. The van der Waals surface area contributed by atoms with Crippen LogP contribution >= 0.6 is 0 Å². The average Bonchev–Trinajstić information content (AvgIpc) is 2.12. The average molecular weight is 257 g/mol. The number of likely N-dealkylation sites (tertiary alicyclic amines) is 1. The summed E-state index contributed by atoms with van der Waals surface area (Å²) in [5, 5.41) is 9.18. The highest BCUT2D eigenvalue weighted by Gasteiger charge is 2.40. The van der Waals surface area contributed by atoms with Gasteiger partial charge in [-0.1, -0.05) is 13.8 Å². The zero-order chi connectivity index (χ0) is 14.1. The molecule has 0 aromatic carbocycles. The molecule has 0 unspecified atom stereocenters. The number of carboxylic acid groups (broad SMARTS) is 1. The molecule has 5 nitrogen and oxygen atoms in total. The molecular weight excluding hydrogens is 234 g/mol. The third-order valence-corrected chi connectivity index (χ3v) is 2.98. The van der Waals surface area contributed by atoms with Crippen LogP contribution in [0.4, 0.5) is 4.79 Å². The van der Waals surface area contributed by atoms with E-state index in [1.54, 1.807) is 20.8 Å². The van der Waals surface area contributed by atoms with Gasteiger partial charge in [-0.2, -0.15) is 0 Å². The van der Waals surface area contributed by atoms with Gasteiger partial charge in [-0.05, 0) is 39.0 Å². The zero-order valence-corrected chi connectivity index (χ0v) is 11.8. The number of rotatable bonds is 1.